The molecular formula is C34H44ClN3O11Si. The highest BCUT2D eigenvalue weighted by Gasteiger charge is 2.66. The highest BCUT2D eigenvalue weighted by molar-refractivity contribution is 6.71. The number of benzene rings is 2. The van der Waals surface area contributed by atoms with Crippen molar-refractivity contribution in [3.63, 3.8) is 0 Å². The quantitative estimate of drug-likeness (QED) is 0.189. The molecule has 6 rings (SSSR count). The molecule has 0 unspecified atom stereocenters. The van der Waals surface area contributed by atoms with Crippen molar-refractivity contribution in [3.8, 4) is 0 Å². The second kappa shape index (κ2) is 13.9. The van der Waals surface area contributed by atoms with E-state index in [1.807, 2.05) is 6.92 Å². The number of amides is 3. The number of anilines is 2. The standard InChI is InChI=1S/C34H44ClN3O11Si/c1-17-30(50(2,3)47)24(14-25(40)37-11-5-8-21(37)16-39)49-34(17)22-13-19(35)9-10-23(22)38(33(34)46)15-18-6-4-7-20(12-18)36-31(44)29-27(42)26(41)28(43)32(45)48-29/h4,6-7,9-10,12-13,17,21,24,26-30,32,39,41-43,45,47H,5,8,11,14-16H2,1-3H3,(H,36,44)/t17-,21-,24+,26-,27-,28+,29-,30-,32+,34+/m0/s1. The molecule has 14 nitrogen and oxygen atoms in total. The Bertz CT molecular complexity index is 1640. The number of ether oxygens (including phenoxy) is 2. The van der Waals surface area contributed by atoms with Crippen molar-refractivity contribution in [2.45, 2.75) is 99.8 Å². The van der Waals surface area contributed by atoms with Gasteiger partial charge in [-0.25, -0.2) is 0 Å². The lowest BCUT2D eigenvalue weighted by Crippen LogP contribution is -2.60. The van der Waals surface area contributed by atoms with Crippen LogP contribution in [0.4, 0.5) is 11.4 Å². The molecule has 0 radical (unpaired) electrons. The number of fused-ring (bicyclic) bond motifs is 2. The number of halogens is 1. The maximum absolute atomic E-state index is 14.7. The number of rotatable bonds is 8. The average molecular weight is 734 g/mol. The van der Waals surface area contributed by atoms with E-state index in [-0.39, 0.29) is 43.1 Å². The van der Waals surface area contributed by atoms with E-state index in [0.29, 0.717) is 34.8 Å². The Morgan fingerprint density at radius 1 is 1.08 bits per heavy atom. The second-order valence-electron chi connectivity index (χ2n) is 14.3. The summed E-state index contributed by atoms with van der Waals surface area (Å²) in [5.74, 6) is -1.99. The molecule has 16 heteroatoms. The molecule has 50 heavy (non-hydrogen) atoms. The largest absolute Gasteiger partial charge is 0.432 e. The number of nitrogens with zero attached hydrogens (tertiary/aromatic N) is 2. The van der Waals surface area contributed by atoms with E-state index in [0.717, 1.165) is 6.42 Å². The van der Waals surface area contributed by atoms with Crippen molar-refractivity contribution in [2.24, 2.45) is 5.92 Å². The Morgan fingerprint density at radius 3 is 2.52 bits per heavy atom. The fourth-order valence-corrected chi connectivity index (χ4v) is 11.0. The topological polar surface area (TPSA) is 210 Å². The van der Waals surface area contributed by atoms with Crippen LogP contribution >= 0.6 is 11.6 Å². The first-order valence-electron chi connectivity index (χ1n) is 16.8. The molecule has 3 amide bonds. The van der Waals surface area contributed by atoms with Gasteiger partial charge in [0.1, 0.15) is 18.3 Å². The lowest BCUT2D eigenvalue weighted by Gasteiger charge is -2.37. The van der Waals surface area contributed by atoms with Crippen molar-refractivity contribution in [2.75, 3.05) is 23.4 Å². The number of hydrogen-bond acceptors (Lipinski definition) is 11. The summed E-state index contributed by atoms with van der Waals surface area (Å²) >= 11 is 6.50. The van der Waals surface area contributed by atoms with Crippen molar-refractivity contribution < 1.29 is 54.2 Å². The maximum atomic E-state index is 14.7. The molecule has 10 atom stereocenters. The van der Waals surface area contributed by atoms with E-state index in [4.69, 9.17) is 21.1 Å². The van der Waals surface area contributed by atoms with Gasteiger partial charge in [0.15, 0.2) is 26.3 Å². The molecule has 272 valence electrons. The molecule has 2 aromatic carbocycles. The molecule has 0 aromatic heterocycles. The lowest BCUT2D eigenvalue weighted by molar-refractivity contribution is -0.274. The van der Waals surface area contributed by atoms with Gasteiger partial charge in [-0.15, -0.1) is 0 Å². The van der Waals surface area contributed by atoms with E-state index in [2.05, 4.69) is 5.32 Å². The van der Waals surface area contributed by atoms with Gasteiger partial charge in [-0.1, -0.05) is 30.7 Å². The summed E-state index contributed by atoms with van der Waals surface area (Å²) in [6.07, 6.45) is -8.29. The summed E-state index contributed by atoms with van der Waals surface area (Å²) in [4.78, 5) is 56.1. The molecule has 0 bridgehead atoms. The highest BCUT2D eigenvalue weighted by atomic mass is 35.5. The van der Waals surface area contributed by atoms with E-state index in [1.165, 1.54) is 0 Å². The van der Waals surface area contributed by atoms with Crippen molar-refractivity contribution in [1.82, 2.24) is 4.90 Å². The van der Waals surface area contributed by atoms with Gasteiger partial charge in [0.2, 0.25) is 5.91 Å². The minimum Gasteiger partial charge on any atom is -0.432 e. The number of aliphatic hydroxyl groups excluding tert-OH is 5. The van der Waals surface area contributed by atoms with E-state index < -0.39 is 68.1 Å². The Hall–Kier alpha value is -2.96. The third-order valence-corrected chi connectivity index (χ3v) is 13.4. The Labute approximate surface area is 295 Å². The molecule has 1 spiro atoms. The third-order valence-electron chi connectivity index (χ3n) is 10.6. The summed E-state index contributed by atoms with van der Waals surface area (Å²) in [6.45, 7) is 5.84. The summed E-state index contributed by atoms with van der Waals surface area (Å²) in [5, 5.41) is 52.7. The van der Waals surface area contributed by atoms with Gasteiger partial charge in [0, 0.05) is 34.3 Å². The fraction of sp³-hybridized carbons (Fsp3) is 0.559. The van der Waals surface area contributed by atoms with E-state index >= 15 is 0 Å². The molecule has 7 N–H and O–H groups in total. The van der Waals surface area contributed by atoms with E-state index in [9.17, 15) is 44.7 Å². The maximum Gasteiger partial charge on any atom is 0.264 e. The van der Waals surface area contributed by atoms with Crippen LogP contribution in [0.5, 0.6) is 0 Å². The van der Waals surface area contributed by atoms with Crippen LogP contribution in [-0.4, -0.2) is 117 Å². The van der Waals surface area contributed by atoms with Crippen LogP contribution in [0.15, 0.2) is 42.5 Å². The summed E-state index contributed by atoms with van der Waals surface area (Å²) in [7, 11) is -3.05. The number of likely N-dealkylation sites (tertiary alicyclic amines) is 1. The average Bonchev–Trinajstić information content (AvgIpc) is 3.72. The van der Waals surface area contributed by atoms with Crippen LogP contribution in [0, 0.1) is 5.92 Å². The van der Waals surface area contributed by atoms with Crippen LogP contribution in [-0.2, 0) is 36.0 Å². The molecule has 2 aromatic rings. The minimum atomic E-state index is -3.05. The van der Waals surface area contributed by atoms with Crippen molar-refractivity contribution >= 4 is 49.0 Å². The van der Waals surface area contributed by atoms with Crippen LogP contribution in [0.3, 0.4) is 0 Å². The summed E-state index contributed by atoms with van der Waals surface area (Å²) in [5.41, 5.74) is -0.0878. The van der Waals surface area contributed by atoms with Crippen molar-refractivity contribution in [3.05, 3.63) is 58.6 Å². The number of aliphatic hydroxyl groups is 5. The zero-order chi connectivity index (χ0) is 36.3. The molecule has 4 heterocycles. The molecule has 0 aliphatic carbocycles. The van der Waals surface area contributed by atoms with Crippen LogP contribution in [0.25, 0.3) is 0 Å². The molecular weight excluding hydrogens is 690 g/mol. The first-order chi connectivity index (χ1) is 23.6. The van der Waals surface area contributed by atoms with Gasteiger partial charge >= 0.3 is 0 Å². The molecule has 3 fully saturated rings. The Morgan fingerprint density at radius 2 is 1.82 bits per heavy atom. The van der Waals surface area contributed by atoms with Gasteiger partial charge < -0.3 is 54.9 Å². The first-order valence-corrected chi connectivity index (χ1v) is 20.2. The Balaban J connectivity index is 1.27. The van der Waals surface area contributed by atoms with Gasteiger partial charge in [-0.05, 0) is 61.8 Å². The number of hydrogen-bond donors (Lipinski definition) is 7. The fourth-order valence-electron chi connectivity index (χ4n) is 8.27. The number of carbonyl (C=O) groups excluding carboxylic acids is 3. The summed E-state index contributed by atoms with van der Waals surface area (Å²) < 4.78 is 11.8. The molecule has 0 saturated carbocycles. The van der Waals surface area contributed by atoms with E-state index in [1.54, 1.807) is 65.4 Å². The normalized spacial score (nSPS) is 34.0. The predicted molar refractivity (Wildman–Crippen MR) is 182 cm³/mol. The zero-order valence-corrected chi connectivity index (χ0v) is 29.7. The van der Waals surface area contributed by atoms with Crippen LogP contribution in [0.2, 0.25) is 23.7 Å². The second-order valence-corrected chi connectivity index (χ2v) is 18.7. The lowest BCUT2D eigenvalue weighted by atomic mass is 9.82. The highest BCUT2D eigenvalue weighted by Crippen LogP contribution is 2.60. The smallest absolute Gasteiger partial charge is 0.264 e. The zero-order valence-electron chi connectivity index (χ0n) is 28.0. The third kappa shape index (κ3) is 6.38. The predicted octanol–water partition coefficient (Wildman–Crippen LogP) is 0.796. The monoisotopic (exact) mass is 733 g/mol. The van der Waals surface area contributed by atoms with Gasteiger partial charge in [0.05, 0.1) is 37.4 Å². The SMILES string of the molecule is C[C@H]1[C@H]([Si](C)(C)O)[C@@H](CC(=O)N2CCC[C@H]2CO)O[C@]12C(=O)N(Cc1cccc(NC(=O)[C@H]3O[C@@H](O)[C@H](O)[C@@H](O)[C@@H]3O)c1)c1ccc(Cl)cc12. The van der Waals surface area contributed by atoms with Crippen LogP contribution in [0.1, 0.15) is 37.3 Å². The molecule has 3 saturated heterocycles. The van der Waals surface area contributed by atoms with Crippen molar-refractivity contribution in [1.29, 1.82) is 0 Å². The number of carbonyl (C=O) groups is 3. The Kier molecular flexibility index (Phi) is 10.2. The first kappa shape index (κ1) is 36.8. The molecule has 4 aliphatic rings. The minimum absolute atomic E-state index is 0.0430. The summed E-state index contributed by atoms with van der Waals surface area (Å²) in [6, 6.07) is 11.4. The van der Waals surface area contributed by atoms with Gasteiger partial charge in [-0.2, -0.15) is 0 Å². The number of nitrogens with one attached hydrogen (secondary N) is 1. The molecule has 4 aliphatic heterocycles. The van der Waals surface area contributed by atoms with Crippen LogP contribution < -0.4 is 10.2 Å². The van der Waals surface area contributed by atoms with Gasteiger partial charge in [0.25, 0.3) is 11.8 Å². The van der Waals surface area contributed by atoms with Gasteiger partial charge in [-0.3, -0.25) is 14.4 Å².